The van der Waals surface area contributed by atoms with Gasteiger partial charge in [-0.05, 0) is 85.1 Å². The molecule has 4 aliphatic heterocycles. The zero-order chi connectivity index (χ0) is 44.6. The van der Waals surface area contributed by atoms with E-state index in [0.717, 1.165) is 52.1 Å². The molecular formula is C52H59N5O6Si. The van der Waals surface area contributed by atoms with Crippen molar-refractivity contribution in [3.63, 3.8) is 0 Å². The van der Waals surface area contributed by atoms with E-state index in [1.165, 1.54) is 0 Å². The lowest BCUT2D eigenvalue weighted by Crippen LogP contribution is -2.55. The third kappa shape index (κ3) is 7.49. The third-order valence-electron chi connectivity index (χ3n) is 14.6. The Kier molecular flexibility index (Phi) is 12.0. The molecule has 5 aromatic rings. The van der Waals surface area contributed by atoms with E-state index in [-0.39, 0.29) is 48.8 Å². The monoisotopic (exact) mass is 877 g/mol. The zero-order valence-corrected chi connectivity index (χ0v) is 38.3. The van der Waals surface area contributed by atoms with Crippen molar-refractivity contribution in [1.82, 2.24) is 10.2 Å². The van der Waals surface area contributed by atoms with Crippen molar-refractivity contribution >= 4 is 48.0 Å². The Morgan fingerprint density at radius 3 is 2.12 bits per heavy atom. The quantitative estimate of drug-likeness (QED) is 0.124. The van der Waals surface area contributed by atoms with Crippen LogP contribution in [-0.4, -0.2) is 87.5 Å². The van der Waals surface area contributed by atoms with Gasteiger partial charge in [-0.3, -0.25) is 19.3 Å². The van der Waals surface area contributed by atoms with Crippen LogP contribution in [0.25, 0.3) is 0 Å². The number of hydrogen-bond donors (Lipinski definition) is 2. The third-order valence-corrected chi connectivity index (χ3v) is 18.9. The first kappa shape index (κ1) is 43.5. The number of fused-ring (bicyclic) bond motifs is 2. The van der Waals surface area contributed by atoms with Gasteiger partial charge < -0.3 is 34.6 Å². The molecule has 0 unspecified atom stereocenters. The number of piperidine rings is 1. The second-order valence-corrected chi connectivity index (χ2v) is 23.1. The maximum absolute atomic E-state index is 15.8. The van der Waals surface area contributed by atoms with E-state index < -0.39 is 25.3 Å². The SMILES string of the molecule is COc1ccc([Si](C)(C)[C@H]2[C@H](CC(=O)N(CCO)Cc3ccccc3)O[C@@]3(C(=O)N(Cc4ccccc4)c4ccc(N5CN(c6ccccc6)C6(CCNCC6)C5=O)cc43)[C@@H]2C)cc1. The van der Waals surface area contributed by atoms with Crippen molar-refractivity contribution in [1.29, 1.82) is 0 Å². The Balaban J connectivity index is 1.16. The van der Waals surface area contributed by atoms with Gasteiger partial charge in [-0.25, -0.2) is 0 Å². The number of aliphatic hydroxyl groups is 1. The summed E-state index contributed by atoms with van der Waals surface area (Å²) >= 11 is 0. The molecule has 4 atom stereocenters. The van der Waals surface area contributed by atoms with E-state index in [1.54, 1.807) is 12.0 Å². The number of para-hydroxylation sites is 1. The molecule has 0 radical (unpaired) electrons. The van der Waals surface area contributed by atoms with Gasteiger partial charge in [0, 0.05) is 35.9 Å². The number of rotatable bonds is 13. The molecule has 64 heavy (non-hydrogen) atoms. The Morgan fingerprint density at radius 1 is 0.844 bits per heavy atom. The van der Waals surface area contributed by atoms with Gasteiger partial charge >= 0.3 is 0 Å². The molecular weight excluding hydrogens is 819 g/mol. The van der Waals surface area contributed by atoms with Gasteiger partial charge in [0.15, 0.2) is 5.60 Å². The van der Waals surface area contributed by atoms with Crippen LogP contribution in [0.1, 0.15) is 42.9 Å². The van der Waals surface area contributed by atoms with Crippen LogP contribution in [0.3, 0.4) is 0 Å². The molecule has 3 amide bonds. The normalized spacial score (nSPS) is 22.7. The molecule has 9 rings (SSSR count). The lowest BCUT2D eigenvalue weighted by molar-refractivity contribution is -0.150. The summed E-state index contributed by atoms with van der Waals surface area (Å²) in [5.41, 5.74) is 2.75. The fourth-order valence-corrected chi connectivity index (χ4v) is 15.3. The molecule has 0 saturated carbocycles. The number of methoxy groups -OCH3 is 1. The zero-order valence-electron chi connectivity index (χ0n) is 37.3. The Bertz CT molecular complexity index is 2470. The molecule has 332 valence electrons. The number of hydrogen-bond acceptors (Lipinski definition) is 8. The number of carbonyl (C=O) groups excluding carboxylic acids is 3. The standard InChI is InChI=1S/C52H59N5O6Si/c1-37-48(64(3,4)43-23-21-42(62-2)22-24-43)46(33-47(59)54(30-31-58)34-38-14-8-5-9-15-38)63-52(37)44-32-41(20-25-45(44)55(50(52)61)35-39-16-10-6-11-17-39)56-36-57(40-18-12-7-13-19-40)51(49(56)60)26-28-53-29-27-51/h5-25,32,37,46,48,53,58H,26-31,33-36H2,1-4H3/t37-,46+,48-,52+/m1/s1. The molecule has 0 bridgehead atoms. The predicted octanol–water partition coefficient (Wildman–Crippen LogP) is 6.80. The number of carbonyl (C=O) groups is 3. The highest BCUT2D eigenvalue weighted by Crippen LogP contribution is 2.61. The second kappa shape index (κ2) is 17.6. The fourth-order valence-electron chi connectivity index (χ4n) is 11.3. The van der Waals surface area contributed by atoms with Gasteiger partial charge in [0.2, 0.25) is 5.91 Å². The van der Waals surface area contributed by atoms with E-state index in [1.807, 2.05) is 119 Å². The van der Waals surface area contributed by atoms with Crippen molar-refractivity contribution in [2.45, 2.75) is 75.2 Å². The number of benzene rings is 5. The minimum absolute atomic E-state index is 0.0321. The topological polar surface area (TPSA) is 115 Å². The molecule has 4 heterocycles. The van der Waals surface area contributed by atoms with Gasteiger partial charge in [-0.15, -0.1) is 0 Å². The largest absolute Gasteiger partial charge is 0.497 e. The summed E-state index contributed by atoms with van der Waals surface area (Å²) in [6.45, 7) is 9.25. The van der Waals surface area contributed by atoms with E-state index >= 15 is 9.59 Å². The Hall–Kier alpha value is -5.79. The summed E-state index contributed by atoms with van der Waals surface area (Å²) in [5, 5.41) is 14.8. The molecule has 0 aliphatic carbocycles. The maximum Gasteiger partial charge on any atom is 0.264 e. The average molecular weight is 878 g/mol. The molecule has 0 aromatic heterocycles. The van der Waals surface area contributed by atoms with Crippen LogP contribution < -0.4 is 29.9 Å². The van der Waals surface area contributed by atoms with Crippen LogP contribution in [-0.2, 0) is 37.8 Å². The summed E-state index contributed by atoms with van der Waals surface area (Å²) in [5.74, 6) is 0.122. The lowest BCUT2D eigenvalue weighted by atomic mass is 9.82. The highest BCUT2D eigenvalue weighted by Gasteiger charge is 2.67. The number of nitrogens with one attached hydrogen (secondary N) is 1. The molecule has 12 heteroatoms. The van der Waals surface area contributed by atoms with Crippen LogP contribution in [0, 0.1) is 5.92 Å². The van der Waals surface area contributed by atoms with Gasteiger partial charge in [0.05, 0.1) is 53.2 Å². The second-order valence-electron chi connectivity index (χ2n) is 18.4. The molecule has 2 spiro atoms. The van der Waals surface area contributed by atoms with Crippen LogP contribution >= 0.6 is 0 Å². The summed E-state index contributed by atoms with van der Waals surface area (Å²) in [4.78, 5) is 53.1. The summed E-state index contributed by atoms with van der Waals surface area (Å²) < 4.78 is 13.0. The first-order valence-electron chi connectivity index (χ1n) is 22.6. The predicted molar refractivity (Wildman–Crippen MR) is 253 cm³/mol. The molecule has 3 fully saturated rings. The average Bonchev–Trinajstić information content (AvgIpc) is 3.87. The van der Waals surface area contributed by atoms with Crippen molar-refractivity contribution in [3.05, 3.63) is 150 Å². The minimum Gasteiger partial charge on any atom is -0.497 e. The Labute approximate surface area is 377 Å². The highest BCUT2D eigenvalue weighted by atomic mass is 28.3. The number of aliphatic hydroxyl groups excluding tert-OH is 1. The Morgan fingerprint density at radius 2 is 1.48 bits per heavy atom. The van der Waals surface area contributed by atoms with Gasteiger partial charge in [-0.1, -0.05) is 116 Å². The molecule has 3 saturated heterocycles. The van der Waals surface area contributed by atoms with E-state index in [0.29, 0.717) is 38.3 Å². The van der Waals surface area contributed by atoms with Crippen LogP contribution in [0.5, 0.6) is 5.75 Å². The van der Waals surface area contributed by atoms with Gasteiger partial charge in [-0.2, -0.15) is 0 Å². The van der Waals surface area contributed by atoms with Crippen LogP contribution in [0.4, 0.5) is 17.1 Å². The summed E-state index contributed by atoms with van der Waals surface area (Å²) in [7, 11) is -0.959. The van der Waals surface area contributed by atoms with Gasteiger partial charge in [0.1, 0.15) is 11.3 Å². The van der Waals surface area contributed by atoms with Crippen LogP contribution in [0.2, 0.25) is 18.6 Å². The molecule has 4 aliphatic rings. The number of nitrogens with zero attached hydrogens (tertiary/aromatic N) is 4. The van der Waals surface area contributed by atoms with E-state index in [4.69, 9.17) is 9.47 Å². The van der Waals surface area contributed by atoms with E-state index in [2.05, 4.69) is 54.5 Å². The van der Waals surface area contributed by atoms with Crippen molar-refractivity contribution < 1.29 is 29.0 Å². The number of amides is 3. The number of ether oxygens (including phenoxy) is 2. The van der Waals surface area contributed by atoms with Crippen molar-refractivity contribution in [2.24, 2.45) is 5.92 Å². The van der Waals surface area contributed by atoms with Crippen molar-refractivity contribution in [3.8, 4) is 5.75 Å². The fraction of sp³-hybridized carbons (Fsp3) is 0.365. The van der Waals surface area contributed by atoms with E-state index in [9.17, 15) is 9.90 Å². The molecule has 11 nitrogen and oxygen atoms in total. The van der Waals surface area contributed by atoms with Crippen LogP contribution in [0.15, 0.2) is 133 Å². The molecule has 2 N–H and O–H groups in total. The smallest absolute Gasteiger partial charge is 0.264 e. The number of anilines is 3. The first-order chi connectivity index (χ1) is 31.0. The lowest BCUT2D eigenvalue weighted by Gasteiger charge is -2.39. The van der Waals surface area contributed by atoms with Gasteiger partial charge in [0.25, 0.3) is 11.8 Å². The first-order valence-corrected chi connectivity index (χ1v) is 25.7. The minimum atomic E-state index is -2.62. The summed E-state index contributed by atoms with van der Waals surface area (Å²) in [6.07, 6.45) is 0.746. The van der Waals surface area contributed by atoms with Crippen molar-refractivity contribution in [2.75, 3.05) is 54.7 Å². The highest BCUT2D eigenvalue weighted by molar-refractivity contribution is 6.91. The molecule has 5 aromatic carbocycles. The summed E-state index contributed by atoms with van der Waals surface area (Å²) in [6, 6.07) is 44.1. The maximum atomic E-state index is 15.8.